The van der Waals surface area contributed by atoms with Crippen molar-refractivity contribution in [3.63, 3.8) is 0 Å². The molecular formula is C12H19N3O. The van der Waals surface area contributed by atoms with E-state index in [1.807, 2.05) is 26.0 Å². The Kier molecular flexibility index (Phi) is 5.50. The fourth-order valence-electron chi connectivity index (χ4n) is 1.43. The van der Waals surface area contributed by atoms with Crippen LogP contribution in [-0.4, -0.2) is 24.0 Å². The second-order valence-corrected chi connectivity index (χ2v) is 3.67. The van der Waals surface area contributed by atoms with Crippen molar-refractivity contribution in [3.05, 3.63) is 30.1 Å². The predicted molar refractivity (Wildman–Crippen MR) is 64.0 cm³/mol. The van der Waals surface area contributed by atoms with Crippen molar-refractivity contribution >= 4 is 5.91 Å². The molecule has 0 aliphatic heterocycles. The lowest BCUT2D eigenvalue weighted by molar-refractivity contribution is -0.121. The van der Waals surface area contributed by atoms with Gasteiger partial charge in [0.05, 0.1) is 6.04 Å². The van der Waals surface area contributed by atoms with E-state index in [9.17, 15) is 4.79 Å². The van der Waals surface area contributed by atoms with Crippen molar-refractivity contribution in [2.75, 3.05) is 13.1 Å². The summed E-state index contributed by atoms with van der Waals surface area (Å²) in [5.74, 6) is 0.0743. The monoisotopic (exact) mass is 221 g/mol. The van der Waals surface area contributed by atoms with Crippen molar-refractivity contribution in [2.45, 2.75) is 26.3 Å². The highest BCUT2D eigenvalue weighted by atomic mass is 16.1. The van der Waals surface area contributed by atoms with Gasteiger partial charge < -0.3 is 10.6 Å². The number of nitrogens with one attached hydrogen (secondary N) is 2. The Labute approximate surface area is 96.5 Å². The second-order valence-electron chi connectivity index (χ2n) is 3.67. The van der Waals surface area contributed by atoms with Crippen molar-refractivity contribution in [1.82, 2.24) is 15.6 Å². The summed E-state index contributed by atoms with van der Waals surface area (Å²) in [6, 6.07) is 3.86. The van der Waals surface area contributed by atoms with Gasteiger partial charge in [-0.25, -0.2) is 0 Å². The molecule has 0 radical (unpaired) electrons. The molecule has 88 valence electrons. The van der Waals surface area contributed by atoms with E-state index in [0.717, 1.165) is 18.7 Å². The molecule has 0 saturated carbocycles. The van der Waals surface area contributed by atoms with E-state index in [2.05, 4.69) is 15.6 Å². The fourth-order valence-corrected chi connectivity index (χ4v) is 1.43. The fraction of sp³-hybridized carbons (Fsp3) is 0.500. The van der Waals surface area contributed by atoms with Crippen LogP contribution in [0.4, 0.5) is 0 Å². The normalized spacial score (nSPS) is 12.1. The van der Waals surface area contributed by atoms with Crippen LogP contribution >= 0.6 is 0 Å². The van der Waals surface area contributed by atoms with Gasteiger partial charge in [0.25, 0.3) is 0 Å². The number of pyridine rings is 1. The van der Waals surface area contributed by atoms with Crippen LogP contribution in [0.5, 0.6) is 0 Å². The Morgan fingerprint density at radius 2 is 2.12 bits per heavy atom. The van der Waals surface area contributed by atoms with E-state index in [0.29, 0.717) is 6.42 Å². The highest BCUT2D eigenvalue weighted by molar-refractivity contribution is 5.76. The minimum absolute atomic E-state index is 0.0390. The summed E-state index contributed by atoms with van der Waals surface area (Å²) in [6.07, 6.45) is 3.98. The Balaban J connectivity index is 2.34. The van der Waals surface area contributed by atoms with E-state index in [4.69, 9.17) is 0 Å². The average Bonchev–Trinajstić information content (AvgIpc) is 2.30. The van der Waals surface area contributed by atoms with E-state index in [1.54, 1.807) is 12.4 Å². The van der Waals surface area contributed by atoms with Gasteiger partial charge in [0, 0.05) is 25.4 Å². The molecule has 0 saturated heterocycles. The number of hydrogen-bond acceptors (Lipinski definition) is 3. The number of amides is 1. The molecule has 0 fully saturated rings. The molecule has 0 aromatic carbocycles. The van der Waals surface area contributed by atoms with Crippen molar-refractivity contribution in [3.8, 4) is 0 Å². The molecule has 1 amide bonds. The summed E-state index contributed by atoms with van der Waals surface area (Å²) >= 11 is 0. The Hall–Kier alpha value is -1.42. The van der Waals surface area contributed by atoms with E-state index in [1.165, 1.54) is 0 Å². The molecule has 4 nitrogen and oxygen atoms in total. The third kappa shape index (κ3) is 4.40. The summed E-state index contributed by atoms with van der Waals surface area (Å²) in [5, 5.41) is 6.07. The van der Waals surface area contributed by atoms with Gasteiger partial charge in [0.1, 0.15) is 0 Å². The highest BCUT2D eigenvalue weighted by Gasteiger charge is 2.08. The molecule has 1 rings (SSSR count). The molecule has 0 unspecified atom stereocenters. The third-order valence-corrected chi connectivity index (χ3v) is 2.36. The van der Waals surface area contributed by atoms with Gasteiger partial charge in [-0.15, -0.1) is 0 Å². The smallest absolute Gasteiger partial charge is 0.221 e. The van der Waals surface area contributed by atoms with Gasteiger partial charge in [-0.1, -0.05) is 6.92 Å². The summed E-state index contributed by atoms with van der Waals surface area (Å²) < 4.78 is 0. The van der Waals surface area contributed by atoms with Gasteiger partial charge in [-0.05, 0) is 31.2 Å². The summed E-state index contributed by atoms with van der Waals surface area (Å²) in [5.41, 5.74) is 1.08. The molecule has 0 aliphatic carbocycles. The van der Waals surface area contributed by atoms with Crippen molar-refractivity contribution in [2.24, 2.45) is 0 Å². The van der Waals surface area contributed by atoms with Crippen LogP contribution < -0.4 is 10.6 Å². The van der Waals surface area contributed by atoms with Gasteiger partial charge in [0.2, 0.25) is 5.91 Å². The SMILES string of the molecule is CCNCCC(=O)N[C@H](C)c1ccncc1. The third-order valence-electron chi connectivity index (χ3n) is 2.36. The zero-order valence-electron chi connectivity index (χ0n) is 9.86. The summed E-state index contributed by atoms with van der Waals surface area (Å²) in [4.78, 5) is 15.5. The molecule has 1 aromatic heterocycles. The summed E-state index contributed by atoms with van der Waals surface area (Å²) in [7, 11) is 0. The van der Waals surface area contributed by atoms with Crippen LogP contribution in [-0.2, 0) is 4.79 Å². The lowest BCUT2D eigenvalue weighted by atomic mass is 10.1. The molecule has 0 aliphatic rings. The molecule has 16 heavy (non-hydrogen) atoms. The molecular weight excluding hydrogens is 202 g/mol. The van der Waals surface area contributed by atoms with Crippen molar-refractivity contribution < 1.29 is 4.79 Å². The Morgan fingerprint density at radius 1 is 1.44 bits per heavy atom. The first-order valence-corrected chi connectivity index (χ1v) is 5.64. The van der Waals surface area contributed by atoms with Crippen LogP contribution in [0.3, 0.4) is 0 Å². The van der Waals surface area contributed by atoms with E-state index in [-0.39, 0.29) is 11.9 Å². The second kappa shape index (κ2) is 6.95. The van der Waals surface area contributed by atoms with Gasteiger partial charge in [-0.3, -0.25) is 9.78 Å². The average molecular weight is 221 g/mol. The van der Waals surface area contributed by atoms with Gasteiger partial charge >= 0.3 is 0 Å². The molecule has 0 bridgehead atoms. The maximum atomic E-state index is 11.5. The first-order valence-electron chi connectivity index (χ1n) is 5.64. The van der Waals surface area contributed by atoms with E-state index < -0.39 is 0 Å². The quantitative estimate of drug-likeness (QED) is 0.711. The maximum Gasteiger partial charge on any atom is 0.221 e. The summed E-state index contributed by atoms with van der Waals surface area (Å²) in [6.45, 7) is 5.62. The number of carbonyl (C=O) groups excluding carboxylic acids is 1. The first-order chi connectivity index (χ1) is 7.74. The lowest BCUT2D eigenvalue weighted by Crippen LogP contribution is -2.29. The number of nitrogens with zero attached hydrogens (tertiary/aromatic N) is 1. The van der Waals surface area contributed by atoms with Gasteiger partial charge in [-0.2, -0.15) is 0 Å². The standard InChI is InChI=1S/C12H19N3O/c1-3-13-9-6-12(16)15-10(2)11-4-7-14-8-5-11/h4-5,7-8,10,13H,3,6,9H2,1-2H3,(H,15,16)/t10-/m1/s1. The van der Waals surface area contributed by atoms with E-state index >= 15 is 0 Å². The van der Waals surface area contributed by atoms with Gasteiger partial charge in [0.15, 0.2) is 0 Å². The minimum Gasteiger partial charge on any atom is -0.350 e. The van der Waals surface area contributed by atoms with Crippen LogP contribution in [0.1, 0.15) is 31.9 Å². The number of carbonyl (C=O) groups is 1. The first kappa shape index (κ1) is 12.6. The number of hydrogen-bond donors (Lipinski definition) is 2. The van der Waals surface area contributed by atoms with Crippen LogP contribution in [0.25, 0.3) is 0 Å². The van der Waals surface area contributed by atoms with Crippen LogP contribution in [0.15, 0.2) is 24.5 Å². The Bertz CT molecular complexity index is 313. The molecule has 1 heterocycles. The van der Waals surface area contributed by atoms with Crippen LogP contribution in [0.2, 0.25) is 0 Å². The predicted octanol–water partition coefficient (Wildman–Crippen LogP) is 1.26. The minimum atomic E-state index is 0.0390. The molecule has 1 aromatic rings. The Morgan fingerprint density at radius 3 is 2.75 bits per heavy atom. The molecule has 0 spiro atoms. The topological polar surface area (TPSA) is 54.0 Å². The van der Waals surface area contributed by atoms with Crippen LogP contribution in [0, 0.1) is 0 Å². The molecule has 4 heteroatoms. The number of rotatable bonds is 6. The van der Waals surface area contributed by atoms with Crippen molar-refractivity contribution in [1.29, 1.82) is 0 Å². The zero-order chi connectivity index (χ0) is 11.8. The lowest BCUT2D eigenvalue weighted by Gasteiger charge is -2.13. The maximum absolute atomic E-state index is 11.5. The highest BCUT2D eigenvalue weighted by Crippen LogP contribution is 2.09. The molecule has 1 atom stereocenters. The zero-order valence-corrected chi connectivity index (χ0v) is 9.86. The largest absolute Gasteiger partial charge is 0.350 e. The number of aromatic nitrogens is 1. The molecule has 2 N–H and O–H groups in total.